The second kappa shape index (κ2) is 12.3. The second-order valence-corrected chi connectivity index (χ2v) is 5.77. The maximum absolute atomic E-state index is 10.3. The fourth-order valence-corrected chi connectivity index (χ4v) is 3.23. The molecule has 0 aliphatic carbocycles. The van der Waals surface area contributed by atoms with Crippen molar-refractivity contribution in [2.45, 2.75) is 23.7 Å². The van der Waals surface area contributed by atoms with Crippen LogP contribution >= 0.6 is 23.5 Å². The number of nitrogens with zero attached hydrogens (tertiary/aromatic N) is 4. The predicted octanol–water partition coefficient (Wildman–Crippen LogP) is 0.794. The van der Waals surface area contributed by atoms with Crippen LogP contribution in [0.2, 0.25) is 0 Å². The smallest absolute Gasteiger partial charge is 0.211 e. The number of rotatable bonds is 10. The minimum Gasteiger partial charge on any atom is -0.211 e. The van der Waals surface area contributed by atoms with E-state index in [2.05, 4.69) is 20.0 Å². The molecule has 20 heavy (non-hydrogen) atoms. The Hall–Kier alpha value is -1.78. The van der Waals surface area contributed by atoms with Crippen molar-refractivity contribution in [1.29, 1.82) is 0 Å². The monoisotopic (exact) mass is 314 g/mol. The summed E-state index contributed by atoms with van der Waals surface area (Å²) in [5, 5.41) is -0.761. The fourth-order valence-electron chi connectivity index (χ4n) is 0.976. The van der Waals surface area contributed by atoms with E-state index in [0.29, 0.717) is 5.08 Å². The molecule has 0 heterocycles. The van der Waals surface area contributed by atoms with Crippen LogP contribution in [0, 0.1) is 0 Å². The first-order valence-corrected chi connectivity index (χ1v) is 7.27. The molecule has 106 valence electrons. The summed E-state index contributed by atoms with van der Waals surface area (Å²) in [5.41, 5.74) is 0. The van der Waals surface area contributed by atoms with Crippen molar-refractivity contribution in [2.24, 2.45) is 20.0 Å². The van der Waals surface area contributed by atoms with E-state index in [9.17, 15) is 19.2 Å². The molecule has 0 saturated carbocycles. The Labute approximate surface area is 122 Å². The van der Waals surface area contributed by atoms with Gasteiger partial charge in [0.2, 0.25) is 24.3 Å². The molecule has 0 N–H and O–H groups in total. The number of hydrogen-bond donors (Lipinski definition) is 0. The van der Waals surface area contributed by atoms with E-state index >= 15 is 0 Å². The average molecular weight is 314 g/mol. The normalized spacial score (nSPS) is 13.4. The van der Waals surface area contributed by atoms with Crippen molar-refractivity contribution in [3.05, 3.63) is 0 Å². The SMILES string of the molecule is CC(N=C=O)C(N=C=O)SCSC(CN=C=O)N=C=O. The first-order valence-electron chi connectivity index (χ1n) is 5.17. The molecule has 0 aromatic heterocycles. The molecule has 0 aromatic carbocycles. The van der Waals surface area contributed by atoms with Crippen LogP contribution in [0.1, 0.15) is 6.92 Å². The summed E-state index contributed by atoms with van der Waals surface area (Å²) in [5.74, 6) is 0. The first-order chi connectivity index (χ1) is 9.69. The summed E-state index contributed by atoms with van der Waals surface area (Å²) < 4.78 is 0. The highest BCUT2D eigenvalue weighted by Gasteiger charge is 2.17. The molecule has 0 saturated heterocycles. The van der Waals surface area contributed by atoms with Crippen LogP contribution in [0.3, 0.4) is 0 Å². The molecular weight excluding hydrogens is 304 g/mol. The lowest BCUT2D eigenvalue weighted by Gasteiger charge is -2.13. The van der Waals surface area contributed by atoms with E-state index in [1.165, 1.54) is 47.8 Å². The zero-order valence-electron chi connectivity index (χ0n) is 10.4. The van der Waals surface area contributed by atoms with Gasteiger partial charge in [-0.05, 0) is 6.92 Å². The molecule has 0 bridgehead atoms. The molecule has 10 heteroatoms. The van der Waals surface area contributed by atoms with E-state index in [1.54, 1.807) is 6.92 Å². The standard InChI is InChI=1S/C10H10N4O4S2/c1-8(12-4-16)10(14-6-18)20-7-19-9(13-5-17)2-11-3-15/h8-10H,2,7H2,1H3. The van der Waals surface area contributed by atoms with E-state index in [0.717, 1.165) is 0 Å². The van der Waals surface area contributed by atoms with Gasteiger partial charge in [0.15, 0.2) is 0 Å². The van der Waals surface area contributed by atoms with Crippen LogP contribution in [0.15, 0.2) is 20.0 Å². The van der Waals surface area contributed by atoms with Crippen LogP contribution in [0.5, 0.6) is 0 Å². The Balaban J connectivity index is 4.46. The molecule has 8 nitrogen and oxygen atoms in total. The van der Waals surface area contributed by atoms with Gasteiger partial charge in [0.1, 0.15) is 10.7 Å². The first kappa shape index (κ1) is 18.2. The number of carbonyl (C=O) groups excluding carboxylic acids is 4. The quantitative estimate of drug-likeness (QED) is 0.334. The van der Waals surface area contributed by atoms with E-state index in [-0.39, 0.29) is 6.54 Å². The maximum atomic E-state index is 10.3. The lowest BCUT2D eigenvalue weighted by atomic mass is 10.4. The van der Waals surface area contributed by atoms with E-state index < -0.39 is 16.8 Å². The van der Waals surface area contributed by atoms with Gasteiger partial charge >= 0.3 is 0 Å². The van der Waals surface area contributed by atoms with Gasteiger partial charge in [-0.15, -0.1) is 23.5 Å². The topological polar surface area (TPSA) is 118 Å². The van der Waals surface area contributed by atoms with Crippen molar-refractivity contribution in [2.75, 3.05) is 11.6 Å². The maximum Gasteiger partial charge on any atom is 0.236 e. The van der Waals surface area contributed by atoms with Crippen molar-refractivity contribution < 1.29 is 19.2 Å². The van der Waals surface area contributed by atoms with Gasteiger partial charge in [0.25, 0.3) is 0 Å². The molecule has 3 unspecified atom stereocenters. The minimum absolute atomic E-state index is 0.00757. The number of thioether (sulfide) groups is 2. The summed E-state index contributed by atoms with van der Waals surface area (Å²) in [4.78, 5) is 54.4. The number of hydrogen-bond acceptors (Lipinski definition) is 10. The Bertz CT molecular complexity index is 489. The Morgan fingerprint density at radius 1 is 0.900 bits per heavy atom. The Kier molecular flexibility index (Phi) is 11.2. The van der Waals surface area contributed by atoms with Crippen molar-refractivity contribution >= 4 is 47.8 Å². The Morgan fingerprint density at radius 3 is 2.10 bits per heavy atom. The molecule has 0 radical (unpaired) electrons. The van der Waals surface area contributed by atoms with Crippen LogP contribution in [-0.2, 0) is 19.2 Å². The van der Waals surface area contributed by atoms with Gasteiger partial charge in [-0.1, -0.05) is 0 Å². The lowest BCUT2D eigenvalue weighted by molar-refractivity contribution is 0.551. The molecular formula is C10H10N4O4S2. The molecule has 0 aliphatic rings. The third-order valence-electron chi connectivity index (χ3n) is 1.86. The summed E-state index contributed by atoms with van der Waals surface area (Å²) in [6.07, 6.45) is 5.53. The highest BCUT2D eigenvalue weighted by molar-refractivity contribution is 8.16. The molecule has 0 aromatic rings. The highest BCUT2D eigenvalue weighted by atomic mass is 32.2. The van der Waals surface area contributed by atoms with Crippen molar-refractivity contribution in [3.63, 3.8) is 0 Å². The van der Waals surface area contributed by atoms with Crippen LogP contribution in [0.25, 0.3) is 0 Å². The zero-order chi connectivity index (χ0) is 15.2. The number of aliphatic imine (C=N–C) groups is 4. The molecule has 0 fully saturated rings. The van der Waals surface area contributed by atoms with Crippen molar-refractivity contribution in [1.82, 2.24) is 0 Å². The number of isocyanates is 4. The van der Waals surface area contributed by atoms with Gasteiger partial charge in [-0.25, -0.2) is 24.2 Å². The molecule has 0 spiro atoms. The molecule has 3 atom stereocenters. The summed E-state index contributed by atoms with van der Waals surface area (Å²) in [6.45, 7) is 1.61. The van der Waals surface area contributed by atoms with Gasteiger partial charge in [-0.3, -0.25) is 0 Å². The van der Waals surface area contributed by atoms with Crippen LogP contribution in [-0.4, -0.2) is 52.7 Å². The largest absolute Gasteiger partial charge is 0.236 e. The lowest BCUT2D eigenvalue weighted by Crippen LogP contribution is -2.16. The van der Waals surface area contributed by atoms with Crippen molar-refractivity contribution in [3.8, 4) is 0 Å². The van der Waals surface area contributed by atoms with E-state index in [4.69, 9.17) is 0 Å². The summed E-state index contributed by atoms with van der Waals surface area (Å²) in [7, 11) is 0. The Morgan fingerprint density at radius 2 is 1.55 bits per heavy atom. The highest BCUT2D eigenvalue weighted by Crippen LogP contribution is 2.25. The minimum atomic E-state index is -0.586. The third-order valence-corrected chi connectivity index (χ3v) is 4.43. The summed E-state index contributed by atoms with van der Waals surface area (Å²) in [6, 6.07) is -0.527. The van der Waals surface area contributed by atoms with Gasteiger partial charge in [0.05, 0.1) is 12.6 Å². The fraction of sp³-hybridized carbons (Fsp3) is 0.600. The third kappa shape index (κ3) is 8.34. The molecule has 0 amide bonds. The van der Waals surface area contributed by atoms with Gasteiger partial charge < -0.3 is 0 Å². The second-order valence-electron chi connectivity index (χ2n) is 3.13. The zero-order valence-corrected chi connectivity index (χ0v) is 12.0. The average Bonchev–Trinajstić information content (AvgIpc) is 2.44. The summed E-state index contributed by atoms with van der Waals surface area (Å²) >= 11 is 2.42. The van der Waals surface area contributed by atoms with Gasteiger partial charge in [-0.2, -0.15) is 15.0 Å². The van der Waals surface area contributed by atoms with Crippen LogP contribution in [0.4, 0.5) is 0 Å². The molecule has 0 aliphatic heterocycles. The van der Waals surface area contributed by atoms with E-state index in [1.807, 2.05) is 0 Å². The molecule has 0 rings (SSSR count). The van der Waals surface area contributed by atoms with Crippen LogP contribution < -0.4 is 0 Å². The predicted molar refractivity (Wildman–Crippen MR) is 74.4 cm³/mol. The van der Waals surface area contributed by atoms with Gasteiger partial charge in [0, 0.05) is 5.08 Å².